The van der Waals surface area contributed by atoms with Crippen LogP contribution >= 0.6 is 11.3 Å². The van der Waals surface area contributed by atoms with Crippen molar-refractivity contribution in [3.8, 4) is 55.7 Å². The summed E-state index contributed by atoms with van der Waals surface area (Å²) >= 11 is 1.71. The number of hydrogen-bond acceptors (Lipinski definition) is 4. The minimum absolute atomic E-state index is 0.519. The predicted molar refractivity (Wildman–Crippen MR) is 214 cm³/mol. The van der Waals surface area contributed by atoms with Gasteiger partial charge < -0.3 is 0 Å². The Kier molecular flexibility index (Phi) is 7.22. The van der Waals surface area contributed by atoms with Gasteiger partial charge in [0.15, 0.2) is 17.5 Å². The molecule has 1 aliphatic rings. The highest BCUT2D eigenvalue weighted by molar-refractivity contribution is 7.22. The Morgan fingerprint density at radius 1 is 0.365 bits per heavy atom. The summed E-state index contributed by atoms with van der Waals surface area (Å²) in [5, 5.41) is 1.18. The van der Waals surface area contributed by atoms with Crippen LogP contribution in [-0.2, 0) is 5.41 Å². The van der Waals surface area contributed by atoms with Crippen LogP contribution in [0.1, 0.15) is 22.3 Å². The Bertz CT molecular complexity index is 2660. The second-order valence-corrected chi connectivity index (χ2v) is 14.2. The van der Waals surface area contributed by atoms with Gasteiger partial charge in [-0.1, -0.05) is 170 Å². The lowest BCUT2D eigenvalue weighted by Gasteiger charge is -2.34. The second-order valence-electron chi connectivity index (χ2n) is 13.2. The van der Waals surface area contributed by atoms with Crippen molar-refractivity contribution in [2.24, 2.45) is 0 Å². The van der Waals surface area contributed by atoms with Gasteiger partial charge in [0.25, 0.3) is 0 Å². The number of thiophene rings is 1. The first kappa shape index (κ1) is 30.3. The first-order valence-electron chi connectivity index (χ1n) is 17.5. The Balaban J connectivity index is 1.23. The van der Waals surface area contributed by atoms with Crippen LogP contribution in [0.25, 0.3) is 65.8 Å². The Morgan fingerprint density at radius 3 is 1.65 bits per heavy atom. The molecule has 0 spiro atoms. The fourth-order valence-electron chi connectivity index (χ4n) is 7.96. The SMILES string of the molecule is c1ccc(-c2ccccc2-c2nc(-c3ccc4c(c3)C(c3ccccc3)(c3ccccc3)c3ccccc3-4)nc(-c3cc4ccccc4s3)n2)cc1. The van der Waals surface area contributed by atoms with Crippen LogP contribution < -0.4 is 0 Å². The van der Waals surface area contributed by atoms with Gasteiger partial charge in [0, 0.05) is 15.8 Å². The van der Waals surface area contributed by atoms with Gasteiger partial charge in [-0.15, -0.1) is 11.3 Å². The summed E-state index contributed by atoms with van der Waals surface area (Å²) < 4.78 is 1.21. The number of hydrogen-bond donors (Lipinski definition) is 0. The lowest BCUT2D eigenvalue weighted by Crippen LogP contribution is -2.28. The fourth-order valence-corrected chi connectivity index (χ4v) is 8.96. The molecule has 0 N–H and O–H groups in total. The molecule has 0 amide bonds. The number of benzene rings is 7. The largest absolute Gasteiger partial charge is 0.208 e. The van der Waals surface area contributed by atoms with E-state index in [9.17, 15) is 0 Å². The molecule has 3 nitrogen and oxygen atoms in total. The quantitative estimate of drug-likeness (QED) is 0.175. The zero-order valence-electron chi connectivity index (χ0n) is 28.1. The molecular weight excluding hydrogens is 651 g/mol. The fraction of sp³-hybridized carbons (Fsp3) is 0.0208. The molecule has 0 atom stereocenters. The molecule has 4 heteroatoms. The van der Waals surface area contributed by atoms with E-state index in [4.69, 9.17) is 15.0 Å². The maximum absolute atomic E-state index is 5.29. The molecule has 0 bridgehead atoms. The van der Waals surface area contributed by atoms with Crippen molar-refractivity contribution in [3.05, 3.63) is 210 Å². The molecule has 7 aromatic carbocycles. The lowest BCUT2D eigenvalue weighted by atomic mass is 9.67. The van der Waals surface area contributed by atoms with Crippen LogP contribution in [0, 0.1) is 0 Å². The van der Waals surface area contributed by atoms with Gasteiger partial charge in [-0.3, -0.25) is 0 Å². The number of nitrogens with zero attached hydrogens (tertiary/aromatic N) is 3. The van der Waals surface area contributed by atoms with Gasteiger partial charge in [-0.25, -0.2) is 15.0 Å². The third-order valence-electron chi connectivity index (χ3n) is 10.3. The molecule has 0 radical (unpaired) electrons. The third kappa shape index (κ3) is 4.84. The number of aromatic nitrogens is 3. The van der Waals surface area contributed by atoms with E-state index in [1.807, 2.05) is 6.07 Å². The summed E-state index contributed by atoms with van der Waals surface area (Å²) in [5.41, 5.74) is 11.0. The van der Waals surface area contributed by atoms with Crippen molar-refractivity contribution < 1.29 is 0 Å². The minimum atomic E-state index is -0.519. The monoisotopic (exact) mass is 681 g/mol. The van der Waals surface area contributed by atoms with Crippen molar-refractivity contribution in [1.29, 1.82) is 0 Å². The topological polar surface area (TPSA) is 38.7 Å². The van der Waals surface area contributed by atoms with Crippen LogP contribution in [0.3, 0.4) is 0 Å². The standard InChI is InChI=1S/C48H31N3S/c1-4-16-32(17-5-1)37-23-11-12-25-40(37)46-49-45(50-47(51-46)44-31-33-18-10-15-27-43(33)52-44)34-28-29-39-38-24-13-14-26-41(38)48(42(39)30-34,35-19-6-2-7-20-35)36-21-8-3-9-22-36/h1-31H. The Labute approximate surface area is 306 Å². The van der Waals surface area contributed by atoms with E-state index in [-0.39, 0.29) is 0 Å². The van der Waals surface area contributed by atoms with Gasteiger partial charge in [-0.2, -0.15) is 0 Å². The van der Waals surface area contributed by atoms with E-state index in [1.54, 1.807) is 11.3 Å². The molecule has 0 saturated heterocycles. The zero-order chi connectivity index (χ0) is 34.5. The van der Waals surface area contributed by atoms with Crippen molar-refractivity contribution in [3.63, 3.8) is 0 Å². The third-order valence-corrected chi connectivity index (χ3v) is 11.4. The van der Waals surface area contributed by atoms with E-state index in [2.05, 4.69) is 182 Å². The van der Waals surface area contributed by atoms with Crippen molar-refractivity contribution >= 4 is 21.4 Å². The van der Waals surface area contributed by atoms with Gasteiger partial charge >= 0.3 is 0 Å². The van der Waals surface area contributed by atoms with Crippen molar-refractivity contribution in [2.75, 3.05) is 0 Å². The van der Waals surface area contributed by atoms with E-state index >= 15 is 0 Å². The lowest BCUT2D eigenvalue weighted by molar-refractivity contribution is 0.768. The normalized spacial score (nSPS) is 12.8. The van der Waals surface area contributed by atoms with Crippen LogP contribution in [-0.4, -0.2) is 15.0 Å². The first-order chi connectivity index (χ1) is 25.8. The number of fused-ring (bicyclic) bond motifs is 4. The van der Waals surface area contributed by atoms with Crippen LogP contribution in [0.5, 0.6) is 0 Å². The highest BCUT2D eigenvalue weighted by atomic mass is 32.1. The number of rotatable bonds is 6. The van der Waals surface area contributed by atoms with Crippen LogP contribution in [0.2, 0.25) is 0 Å². The maximum Gasteiger partial charge on any atom is 0.174 e. The summed E-state index contributed by atoms with van der Waals surface area (Å²) in [6.07, 6.45) is 0. The average molecular weight is 682 g/mol. The zero-order valence-corrected chi connectivity index (χ0v) is 29.0. The molecule has 0 saturated carbocycles. The Morgan fingerprint density at radius 2 is 0.923 bits per heavy atom. The molecule has 2 aromatic heterocycles. The molecule has 0 aliphatic heterocycles. The summed E-state index contributed by atoms with van der Waals surface area (Å²) in [6.45, 7) is 0. The van der Waals surface area contributed by atoms with E-state index in [0.29, 0.717) is 17.5 Å². The van der Waals surface area contributed by atoms with Gasteiger partial charge in [-0.05, 0) is 68.1 Å². The van der Waals surface area contributed by atoms with Crippen LogP contribution in [0.15, 0.2) is 188 Å². The predicted octanol–water partition coefficient (Wildman–Crippen LogP) is 12.1. The average Bonchev–Trinajstić information content (AvgIpc) is 3.80. The molecule has 9 aromatic rings. The summed E-state index contributed by atoms with van der Waals surface area (Å²) in [5.74, 6) is 1.97. The molecule has 2 heterocycles. The van der Waals surface area contributed by atoms with Crippen LogP contribution in [0.4, 0.5) is 0 Å². The molecule has 0 fully saturated rings. The first-order valence-corrected chi connectivity index (χ1v) is 18.3. The minimum Gasteiger partial charge on any atom is -0.208 e. The molecule has 0 unspecified atom stereocenters. The smallest absolute Gasteiger partial charge is 0.174 e. The molecular formula is C48H31N3S. The van der Waals surface area contributed by atoms with Gasteiger partial charge in [0.1, 0.15) is 0 Å². The summed E-state index contributed by atoms with van der Waals surface area (Å²) in [7, 11) is 0. The molecule has 244 valence electrons. The van der Waals surface area contributed by atoms with Gasteiger partial charge in [0.2, 0.25) is 0 Å². The van der Waals surface area contributed by atoms with E-state index in [1.165, 1.54) is 43.5 Å². The molecule has 52 heavy (non-hydrogen) atoms. The molecule has 10 rings (SSSR count). The van der Waals surface area contributed by atoms with Crippen molar-refractivity contribution in [1.82, 2.24) is 15.0 Å². The maximum atomic E-state index is 5.29. The summed E-state index contributed by atoms with van der Waals surface area (Å²) in [4.78, 5) is 16.8. The van der Waals surface area contributed by atoms with E-state index < -0.39 is 5.41 Å². The highest BCUT2D eigenvalue weighted by Crippen LogP contribution is 2.56. The van der Waals surface area contributed by atoms with Crippen molar-refractivity contribution in [2.45, 2.75) is 5.41 Å². The van der Waals surface area contributed by atoms with E-state index in [0.717, 1.165) is 27.1 Å². The highest BCUT2D eigenvalue weighted by Gasteiger charge is 2.46. The molecule has 1 aliphatic carbocycles. The van der Waals surface area contributed by atoms with Gasteiger partial charge in [0.05, 0.1) is 10.3 Å². The Hall–Kier alpha value is -6.49. The second kappa shape index (κ2) is 12.4. The summed E-state index contributed by atoms with van der Waals surface area (Å²) in [6, 6.07) is 66.9.